The molecule has 6 heteroatoms. The van der Waals surface area contributed by atoms with Gasteiger partial charge in [0.1, 0.15) is 5.65 Å². The van der Waals surface area contributed by atoms with Crippen molar-refractivity contribution in [1.82, 2.24) is 19.6 Å². The van der Waals surface area contributed by atoms with Crippen LogP contribution in [0, 0.1) is 0 Å². The Hall–Kier alpha value is -2.37. The molecule has 0 saturated heterocycles. The Balaban J connectivity index is 1.45. The topological polar surface area (TPSA) is 49.6 Å². The smallest absolute Gasteiger partial charge is 0.221 e. The molecule has 0 aliphatic rings. The van der Waals surface area contributed by atoms with Gasteiger partial charge in [-0.3, -0.25) is 4.79 Å². The largest absolute Gasteiger partial charge is 0.352 e. The van der Waals surface area contributed by atoms with Gasteiger partial charge in [0.2, 0.25) is 5.91 Å². The zero-order chi connectivity index (χ0) is 17.6. The first-order valence-corrected chi connectivity index (χ1v) is 8.60. The first-order chi connectivity index (χ1) is 12.1. The molecular formula is C19H21ClN4O. The fourth-order valence-electron chi connectivity index (χ4n) is 2.69. The molecule has 1 amide bonds. The van der Waals surface area contributed by atoms with E-state index in [-0.39, 0.29) is 5.91 Å². The molecule has 0 radical (unpaired) electrons. The highest BCUT2D eigenvalue weighted by Gasteiger charge is 2.08. The van der Waals surface area contributed by atoms with Crippen LogP contribution in [-0.4, -0.2) is 33.8 Å². The molecule has 2 aromatic heterocycles. The second kappa shape index (κ2) is 8.14. The number of nitrogens with one attached hydrogen (secondary N) is 1. The molecule has 3 rings (SSSR count). The van der Waals surface area contributed by atoms with E-state index in [2.05, 4.69) is 19.6 Å². The Morgan fingerprint density at radius 2 is 2.16 bits per heavy atom. The molecule has 2 heterocycles. The number of fused-ring (bicyclic) bond motifs is 1. The van der Waals surface area contributed by atoms with E-state index < -0.39 is 0 Å². The van der Waals surface area contributed by atoms with Gasteiger partial charge < -0.3 is 14.6 Å². The number of pyridine rings is 1. The Morgan fingerprint density at radius 3 is 3.00 bits per heavy atom. The molecule has 1 N–H and O–H groups in total. The summed E-state index contributed by atoms with van der Waals surface area (Å²) in [6, 6.07) is 13.4. The number of carbonyl (C=O) groups excluding carboxylic acids is 1. The van der Waals surface area contributed by atoms with Crippen molar-refractivity contribution in [3.8, 4) is 0 Å². The maximum atomic E-state index is 12.0. The second-order valence-electron chi connectivity index (χ2n) is 6.07. The van der Waals surface area contributed by atoms with E-state index in [4.69, 9.17) is 11.6 Å². The average molecular weight is 357 g/mol. The first kappa shape index (κ1) is 17.5. The van der Waals surface area contributed by atoms with Gasteiger partial charge in [0, 0.05) is 37.3 Å². The van der Waals surface area contributed by atoms with Crippen LogP contribution in [0.5, 0.6) is 0 Å². The molecule has 130 valence electrons. The van der Waals surface area contributed by atoms with Crippen LogP contribution in [-0.2, 0) is 17.9 Å². The third-order valence-electron chi connectivity index (χ3n) is 4.02. The molecule has 0 aliphatic carbocycles. The summed E-state index contributed by atoms with van der Waals surface area (Å²) in [4.78, 5) is 18.5. The lowest BCUT2D eigenvalue weighted by Gasteiger charge is -2.16. The lowest BCUT2D eigenvalue weighted by Crippen LogP contribution is -2.28. The number of hydrogen-bond donors (Lipinski definition) is 1. The maximum absolute atomic E-state index is 12.0. The van der Waals surface area contributed by atoms with Crippen LogP contribution in [0.15, 0.2) is 54.9 Å². The summed E-state index contributed by atoms with van der Waals surface area (Å²) in [6.45, 7) is 1.92. The van der Waals surface area contributed by atoms with E-state index >= 15 is 0 Å². The van der Waals surface area contributed by atoms with Crippen molar-refractivity contribution in [2.75, 3.05) is 13.6 Å². The van der Waals surface area contributed by atoms with Crippen LogP contribution in [0.4, 0.5) is 0 Å². The molecule has 0 atom stereocenters. The summed E-state index contributed by atoms with van der Waals surface area (Å²) in [5, 5.41) is 3.61. The SMILES string of the molecule is CN(CCC(=O)NCc1cccc(Cl)c1)Cc1cnc2ccccn12. The van der Waals surface area contributed by atoms with Gasteiger partial charge in [0.15, 0.2) is 0 Å². The van der Waals surface area contributed by atoms with Crippen molar-refractivity contribution < 1.29 is 4.79 Å². The molecule has 0 unspecified atom stereocenters. The Kier molecular flexibility index (Phi) is 5.68. The standard InChI is InChI=1S/C19H21ClN4O/c1-23(14-17-13-21-18-7-2-3-9-24(17)18)10-8-19(25)22-12-15-5-4-6-16(20)11-15/h2-7,9,11,13H,8,10,12,14H2,1H3,(H,22,25). The molecule has 0 aliphatic heterocycles. The molecular weight excluding hydrogens is 336 g/mol. The quantitative estimate of drug-likeness (QED) is 0.707. The van der Waals surface area contributed by atoms with Crippen molar-refractivity contribution in [2.24, 2.45) is 0 Å². The monoisotopic (exact) mass is 356 g/mol. The third-order valence-corrected chi connectivity index (χ3v) is 4.26. The summed E-state index contributed by atoms with van der Waals surface area (Å²) >= 11 is 5.95. The molecule has 0 spiro atoms. The highest BCUT2D eigenvalue weighted by molar-refractivity contribution is 6.30. The number of imidazole rings is 1. The van der Waals surface area contributed by atoms with Gasteiger partial charge in [-0.2, -0.15) is 0 Å². The van der Waals surface area contributed by atoms with Gasteiger partial charge in [-0.15, -0.1) is 0 Å². The zero-order valence-electron chi connectivity index (χ0n) is 14.2. The average Bonchev–Trinajstić information content (AvgIpc) is 3.01. The Labute approximate surface area is 152 Å². The molecule has 0 fully saturated rings. The molecule has 3 aromatic rings. The number of halogens is 1. The molecule has 1 aromatic carbocycles. The van der Waals surface area contributed by atoms with Gasteiger partial charge in [-0.1, -0.05) is 29.8 Å². The number of benzene rings is 1. The lowest BCUT2D eigenvalue weighted by molar-refractivity contribution is -0.121. The van der Waals surface area contributed by atoms with E-state index in [1.165, 1.54) is 0 Å². The fraction of sp³-hybridized carbons (Fsp3) is 0.263. The van der Waals surface area contributed by atoms with Crippen molar-refractivity contribution >= 4 is 23.2 Å². The van der Waals surface area contributed by atoms with Gasteiger partial charge in [-0.05, 0) is 36.9 Å². The predicted octanol–water partition coefficient (Wildman–Crippen LogP) is 3.13. The summed E-state index contributed by atoms with van der Waals surface area (Å²) in [5.41, 5.74) is 3.04. The molecule has 5 nitrogen and oxygen atoms in total. The van der Waals surface area contributed by atoms with Crippen molar-refractivity contribution in [1.29, 1.82) is 0 Å². The van der Waals surface area contributed by atoms with E-state index in [0.29, 0.717) is 24.5 Å². The summed E-state index contributed by atoms with van der Waals surface area (Å²) in [6.07, 6.45) is 4.34. The second-order valence-corrected chi connectivity index (χ2v) is 6.51. The Bertz CT molecular complexity index is 861. The molecule has 0 bridgehead atoms. The number of rotatable bonds is 7. The van der Waals surface area contributed by atoms with E-state index in [0.717, 1.165) is 23.4 Å². The fourth-order valence-corrected chi connectivity index (χ4v) is 2.90. The maximum Gasteiger partial charge on any atom is 0.221 e. The number of aromatic nitrogens is 2. The van der Waals surface area contributed by atoms with Crippen LogP contribution >= 0.6 is 11.6 Å². The number of carbonyl (C=O) groups is 1. The number of hydrogen-bond acceptors (Lipinski definition) is 3. The molecule has 25 heavy (non-hydrogen) atoms. The summed E-state index contributed by atoms with van der Waals surface area (Å²) < 4.78 is 2.07. The van der Waals surface area contributed by atoms with Crippen molar-refractivity contribution in [3.05, 3.63) is 71.1 Å². The van der Waals surface area contributed by atoms with E-state index in [9.17, 15) is 4.79 Å². The van der Waals surface area contributed by atoms with Crippen LogP contribution in [0.3, 0.4) is 0 Å². The van der Waals surface area contributed by atoms with Gasteiger partial charge >= 0.3 is 0 Å². The van der Waals surface area contributed by atoms with Crippen LogP contribution < -0.4 is 5.32 Å². The Morgan fingerprint density at radius 1 is 1.28 bits per heavy atom. The van der Waals surface area contributed by atoms with Gasteiger partial charge in [0.25, 0.3) is 0 Å². The van der Waals surface area contributed by atoms with Crippen LogP contribution in [0.25, 0.3) is 5.65 Å². The summed E-state index contributed by atoms with van der Waals surface area (Å²) in [5.74, 6) is 0.0324. The highest BCUT2D eigenvalue weighted by Crippen LogP contribution is 2.10. The number of amides is 1. The lowest BCUT2D eigenvalue weighted by atomic mass is 10.2. The highest BCUT2D eigenvalue weighted by atomic mass is 35.5. The minimum Gasteiger partial charge on any atom is -0.352 e. The minimum atomic E-state index is 0.0324. The normalized spacial score (nSPS) is 11.2. The van der Waals surface area contributed by atoms with Crippen molar-refractivity contribution in [3.63, 3.8) is 0 Å². The number of nitrogens with zero attached hydrogens (tertiary/aromatic N) is 3. The minimum absolute atomic E-state index is 0.0324. The summed E-state index contributed by atoms with van der Waals surface area (Å²) in [7, 11) is 2.01. The van der Waals surface area contributed by atoms with Crippen molar-refractivity contribution in [2.45, 2.75) is 19.5 Å². The van der Waals surface area contributed by atoms with E-state index in [1.54, 1.807) is 0 Å². The van der Waals surface area contributed by atoms with Gasteiger partial charge in [-0.25, -0.2) is 4.98 Å². The first-order valence-electron chi connectivity index (χ1n) is 8.22. The van der Waals surface area contributed by atoms with E-state index in [1.807, 2.05) is 61.9 Å². The third kappa shape index (κ3) is 4.81. The van der Waals surface area contributed by atoms with Crippen LogP contribution in [0.1, 0.15) is 17.7 Å². The molecule has 0 saturated carbocycles. The van der Waals surface area contributed by atoms with Gasteiger partial charge in [0.05, 0.1) is 11.9 Å². The predicted molar refractivity (Wildman–Crippen MR) is 99.4 cm³/mol. The zero-order valence-corrected chi connectivity index (χ0v) is 14.9. The van der Waals surface area contributed by atoms with Crippen LogP contribution in [0.2, 0.25) is 5.02 Å².